The van der Waals surface area contributed by atoms with Gasteiger partial charge in [0.15, 0.2) is 0 Å². The predicted octanol–water partition coefficient (Wildman–Crippen LogP) is 5.38. The summed E-state index contributed by atoms with van der Waals surface area (Å²) in [5.41, 5.74) is 2.40. The molecule has 0 radical (unpaired) electrons. The fourth-order valence-corrected chi connectivity index (χ4v) is 3.53. The number of carbonyl (C=O) groups excluding carboxylic acids is 1. The summed E-state index contributed by atoms with van der Waals surface area (Å²) < 4.78 is 26.2. The van der Waals surface area contributed by atoms with E-state index < -0.39 is 0 Å². The Morgan fingerprint density at radius 2 is 1.91 bits per heavy atom. The zero-order valence-corrected chi connectivity index (χ0v) is 19.0. The van der Waals surface area contributed by atoms with E-state index in [0.717, 1.165) is 11.3 Å². The molecule has 0 unspecified atom stereocenters. The first-order valence-corrected chi connectivity index (χ1v) is 10.6. The van der Waals surface area contributed by atoms with Gasteiger partial charge in [0.05, 0.1) is 26.5 Å². The Balaban J connectivity index is 1.78. The Morgan fingerprint density at radius 3 is 2.59 bits per heavy atom. The van der Waals surface area contributed by atoms with Gasteiger partial charge in [-0.2, -0.15) is 0 Å². The third kappa shape index (κ3) is 6.03. The Bertz CT molecular complexity index is 1050. The maximum absolute atomic E-state index is 13.6. The Hall–Kier alpha value is -3.48. The van der Waals surface area contributed by atoms with Gasteiger partial charge in [-0.3, -0.25) is 0 Å². The molecule has 0 spiro atoms. The number of nitrogens with zero attached hydrogens (tertiary/aromatic N) is 2. The minimum Gasteiger partial charge on any atom is -0.497 e. The van der Waals surface area contributed by atoms with Crippen molar-refractivity contribution >= 4 is 11.7 Å². The molecule has 2 aromatic carbocycles. The number of hydrogen-bond donors (Lipinski definition) is 1. The van der Waals surface area contributed by atoms with Crippen LogP contribution in [-0.2, 0) is 13.1 Å². The molecular formula is C25H30FN3O3. The van der Waals surface area contributed by atoms with E-state index in [1.165, 1.54) is 12.1 Å². The van der Waals surface area contributed by atoms with Crippen molar-refractivity contribution in [2.75, 3.05) is 26.1 Å². The molecule has 170 valence electrons. The summed E-state index contributed by atoms with van der Waals surface area (Å²) in [7, 11) is 3.13. The molecule has 7 heteroatoms. The van der Waals surface area contributed by atoms with Crippen LogP contribution in [0.2, 0.25) is 0 Å². The molecule has 1 N–H and O–H groups in total. The van der Waals surface area contributed by atoms with Gasteiger partial charge in [-0.25, -0.2) is 9.18 Å². The number of aromatic nitrogens is 1. The fourth-order valence-electron chi connectivity index (χ4n) is 3.53. The van der Waals surface area contributed by atoms with Crippen LogP contribution in [0.25, 0.3) is 0 Å². The molecule has 0 aliphatic carbocycles. The van der Waals surface area contributed by atoms with Gasteiger partial charge >= 0.3 is 6.03 Å². The summed E-state index contributed by atoms with van der Waals surface area (Å²) in [4.78, 5) is 15.0. The average Bonchev–Trinajstić information content (AvgIpc) is 3.19. The smallest absolute Gasteiger partial charge is 0.322 e. The lowest BCUT2D eigenvalue weighted by Gasteiger charge is -2.26. The van der Waals surface area contributed by atoms with Crippen molar-refractivity contribution in [3.8, 4) is 11.5 Å². The molecule has 1 aromatic heterocycles. The van der Waals surface area contributed by atoms with E-state index >= 15 is 0 Å². The number of anilines is 1. The zero-order chi connectivity index (χ0) is 23.1. The van der Waals surface area contributed by atoms with E-state index in [1.54, 1.807) is 43.4 Å². The molecule has 1 heterocycles. The summed E-state index contributed by atoms with van der Waals surface area (Å²) in [5, 5.41) is 2.95. The average molecular weight is 440 g/mol. The Kier molecular flexibility index (Phi) is 7.76. The number of methoxy groups -OCH3 is 2. The quantitative estimate of drug-likeness (QED) is 0.487. The third-order valence-corrected chi connectivity index (χ3v) is 5.04. The minimum absolute atomic E-state index is 0.222. The van der Waals surface area contributed by atoms with Crippen LogP contribution in [0.15, 0.2) is 60.8 Å². The maximum Gasteiger partial charge on any atom is 0.322 e. The Labute approximate surface area is 188 Å². The molecule has 0 saturated heterocycles. The van der Waals surface area contributed by atoms with Crippen molar-refractivity contribution < 1.29 is 18.7 Å². The summed E-state index contributed by atoms with van der Waals surface area (Å²) in [6.45, 7) is 5.67. The van der Waals surface area contributed by atoms with Gasteiger partial charge in [-0.1, -0.05) is 26.0 Å². The summed E-state index contributed by atoms with van der Waals surface area (Å²) in [5.74, 6) is 1.20. The van der Waals surface area contributed by atoms with E-state index in [0.29, 0.717) is 36.8 Å². The van der Waals surface area contributed by atoms with E-state index in [9.17, 15) is 9.18 Å². The Morgan fingerprint density at radius 1 is 1.09 bits per heavy atom. The fraction of sp³-hybridized carbons (Fsp3) is 0.320. The first-order chi connectivity index (χ1) is 15.4. The lowest BCUT2D eigenvalue weighted by atomic mass is 10.2. The summed E-state index contributed by atoms with van der Waals surface area (Å²) in [6.07, 6.45) is 1.94. The largest absolute Gasteiger partial charge is 0.497 e. The molecule has 0 aliphatic heterocycles. The van der Waals surface area contributed by atoms with Gasteiger partial charge in [0.2, 0.25) is 0 Å². The van der Waals surface area contributed by atoms with E-state index in [1.807, 2.05) is 29.0 Å². The van der Waals surface area contributed by atoms with Gasteiger partial charge in [-0.15, -0.1) is 0 Å². The van der Waals surface area contributed by atoms with Crippen LogP contribution in [-0.4, -0.2) is 36.3 Å². The van der Waals surface area contributed by atoms with Crippen molar-refractivity contribution in [1.82, 2.24) is 9.47 Å². The molecule has 6 nitrogen and oxygen atoms in total. The maximum atomic E-state index is 13.6. The summed E-state index contributed by atoms with van der Waals surface area (Å²) >= 11 is 0. The van der Waals surface area contributed by atoms with Crippen molar-refractivity contribution in [2.24, 2.45) is 5.92 Å². The first kappa shape index (κ1) is 23.2. The number of hydrogen-bond acceptors (Lipinski definition) is 3. The molecule has 0 saturated carbocycles. The van der Waals surface area contributed by atoms with Crippen molar-refractivity contribution in [3.63, 3.8) is 0 Å². The second-order valence-corrected chi connectivity index (χ2v) is 8.03. The monoisotopic (exact) mass is 439 g/mol. The van der Waals surface area contributed by atoms with Crippen molar-refractivity contribution in [2.45, 2.75) is 26.9 Å². The van der Waals surface area contributed by atoms with Crippen LogP contribution in [0.4, 0.5) is 14.9 Å². The molecule has 3 rings (SSSR count). The number of nitrogens with one attached hydrogen (secondary N) is 1. The highest BCUT2D eigenvalue weighted by atomic mass is 19.1. The molecule has 0 fully saturated rings. The number of ether oxygens (including phenoxy) is 2. The lowest BCUT2D eigenvalue weighted by molar-refractivity contribution is 0.200. The number of urea groups is 1. The predicted molar refractivity (Wildman–Crippen MR) is 124 cm³/mol. The number of rotatable bonds is 9. The molecule has 0 atom stereocenters. The van der Waals surface area contributed by atoms with E-state index in [4.69, 9.17) is 9.47 Å². The SMILES string of the molecule is COc1ccc(NC(=O)N(Cc2cccn2Cc2cccc(F)c2)CC(C)C)c(OC)c1. The minimum atomic E-state index is -0.259. The number of amides is 2. The topological polar surface area (TPSA) is 55.7 Å². The van der Waals surface area contributed by atoms with Crippen LogP contribution in [0.3, 0.4) is 0 Å². The molecule has 3 aromatic rings. The number of benzene rings is 2. The van der Waals surface area contributed by atoms with Gasteiger partial charge in [0.25, 0.3) is 0 Å². The third-order valence-electron chi connectivity index (χ3n) is 5.04. The zero-order valence-electron chi connectivity index (χ0n) is 19.0. The molecular weight excluding hydrogens is 409 g/mol. The number of halogens is 1. The highest BCUT2D eigenvalue weighted by molar-refractivity contribution is 5.91. The molecule has 0 bridgehead atoms. The highest BCUT2D eigenvalue weighted by Gasteiger charge is 2.19. The van der Waals surface area contributed by atoms with Crippen LogP contribution in [0, 0.1) is 11.7 Å². The van der Waals surface area contributed by atoms with Gasteiger partial charge < -0.3 is 24.3 Å². The van der Waals surface area contributed by atoms with Crippen molar-refractivity contribution in [3.05, 3.63) is 77.9 Å². The van der Waals surface area contributed by atoms with Crippen LogP contribution in [0.5, 0.6) is 11.5 Å². The van der Waals surface area contributed by atoms with E-state index in [-0.39, 0.29) is 17.8 Å². The van der Waals surface area contributed by atoms with Gasteiger partial charge in [0, 0.05) is 31.0 Å². The number of carbonyl (C=O) groups is 1. The van der Waals surface area contributed by atoms with E-state index in [2.05, 4.69) is 19.2 Å². The molecule has 0 aliphatic rings. The van der Waals surface area contributed by atoms with Crippen LogP contribution < -0.4 is 14.8 Å². The van der Waals surface area contributed by atoms with Crippen LogP contribution in [0.1, 0.15) is 25.1 Å². The molecule has 32 heavy (non-hydrogen) atoms. The second-order valence-electron chi connectivity index (χ2n) is 8.03. The normalized spacial score (nSPS) is 10.8. The first-order valence-electron chi connectivity index (χ1n) is 10.6. The van der Waals surface area contributed by atoms with Gasteiger partial charge in [-0.05, 0) is 47.9 Å². The summed E-state index contributed by atoms with van der Waals surface area (Å²) in [6, 6.07) is 15.5. The van der Waals surface area contributed by atoms with Gasteiger partial charge in [0.1, 0.15) is 17.3 Å². The lowest BCUT2D eigenvalue weighted by Crippen LogP contribution is -2.37. The molecule has 2 amide bonds. The standard InChI is InChI=1S/C25H30FN3O3/c1-18(2)15-29(25(30)27-23-11-10-22(31-3)14-24(23)32-4)17-21-9-6-12-28(21)16-19-7-5-8-20(26)13-19/h5-14,18H,15-17H2,1-4H3,(H,27,30). The second kappa shape index (κ2) is 10.7. The highest BCUT2D eigenvalue weighted by Crippen LogP contribution is 2.29. The van der Waals surface area contributed by atoms with Crippen LogP contribution >= 0.6 is 0 Å². The van der Waals surface area contributed by atoms with Crippen molar-refractivity contribution in [1.29, 1.82) is 0 Å².